The van der Waals surface area contributed by atoms with E-state index in [1.165, 1.54) is 5.56 Å². The first kappa shape index (κ1) is 14.8. The van der Waals surface area contributed by atoms with Crippen LogP contribution in [-0.4, -0.2) is 16.5 Å². The minimum Gasteiger partial charge on any atom is -0.390 e. The molecular formula is C19H26O2. The monoisotopic (exact) mass is 286 g/mol. The third-order valence-electron chi connectivity index (χ3n) is 5.91. The summed E-state index contributed by atoms with van der Waals surface area (Å²) in [5, 5.41) is 10.8. The molecule has 1 N–H and O–H groups in total. The molecule has 1 aromatic rings. The van der Waals surface area contributed by atoms with E-state index in [1.807, 2.05) is 6.92 Å². The van der Waals surface area contributed by atoms with Crippen molar-refractivity contribution in [2.75, 3.05) is 0 Å². The molecule has 1 fully saturated rings. The molecule has 2 heteroatoms. The average Bonchev–Trinajstić information content (AvgIpc) is 2.41. The summed E-state index contributed by atoms with van der Waals surface area (Å²) >= 11 is 0. The number of hydrogen-bond acceptors (Lipinski definition) is 2. The Morgan fingerprint density at radius 3 is 2.62 bits per heavy atom. The Kier molecular flexibility index (Phi) is 3.29. The summed E-state index contributed by atoms with van der Waals surface area (Å²) in [7, 11) is 0. The summed E-state index contributed by atoms with van der Waals surface area (Å²) in [5.74, 6) is 0.684. The van der Waals surface area contributed by atoms with Gasteiger partial charge in [0.1, 0.15) is 0 Å². The van der Waals surface area contributed by atoms with Gasteiger partial charge in [-0.3, -0.25) is 4.79 Å². The lowest BCUT2D eigenvalue weighted by atomic mass is 9.53. The standard InChI is InChI=1S/C19H26O2/c1-12(2)13-6-7-15-14(10-13)16(20)11-17-18(15,3)8-5-9-19(17,4)21/h6-7,10,12,17,21H,5,8-9,11H2,1-4H3/t17-,18+,19-/m0/s1. The number of benzene rings is 1. The van der Waals surface area contributed by atoms with E-state index in [1.54, 1.807) is 0 Å². The maximum atomic E-state index is 12.6. The lowest BCUT2D eigenvalue weighted by Gasteiger charge is -2.52. The highest BCUT2D eigenvalue weighted by Crippen LogP contribution is 2.53. The zero-order valence-electron chi connectivity index (χ0n) is 13.6. The van der Waals surface area contributed by atoms with Crippen molar-refractivity contribution in [3.63, 3.8) is 0 Å². The van der Waals surface area contributed by atoms with Crippen LogP contribution >= 0.6 is 0 Å². The number of fused-ring (bicyclic) bond motifs is 3. The van der Waals surface area contributed by atoms with Gasteiger partial charge in [-0.25, -0.2) is 0 Å². The first-order valence-electron chi connectivity index (χ1n) is 8.16. The molecule has 0 saturated heterocycles. The number of hydrogen-bond donors (Lipinski definition) is 1. The predicted octanol–water partition coefficient (Wildman–Crippen LogP) is 4.21. The van der Waals surface area contributed by atoms with Gasteiger partial charge >= 0.3 is 0 Å². The van der Waals surface area contributed by atoms with Gasteiger partial charge in [0.25, 0.3) is 0 Å². The number of aliphatic hydroxyl groups is 1. The second-order valence-corrected chi connectivity index (χ2v) is 7.77. The molecule has 2 aliphatic rings. The van der Waals surface area contributed by atoms with E-state index in [9.17, 15) is 9.90 Å². The largest absolute Gasteiger partial charge is 0.390 e. The van der Waals surface area contributed by atoms with Gasteiger partial charge in [0.05, 0.1) is 5.60 Å². The molecule has 21 heavy (non-hydrogen) atoms. The molecular weight excluding hydrogens is 260 g/mol. The minimum absolute atomic E-state index is 0.0450. The Morgan fingerprint density at radius 2 is 1.95 bits per heavy atom. The van der Waals surface area contributed by atoms with Gasteiger partial charge in [0.2, 0.25) is 0 Å². The molecule has 2 nitrogen and oxygen atoms in total. The molecule has 0 unspecified atom stereocenters. The Hall–Kier alpha value is -1.15. The molecule has 114 valence electrons. The van der Waals surface area contributed by atoms with Crippen LogP contribution in [-0.2, 0) is 5.41 Å². The number of carbonyl (C=O) groups excluding carboxylic acids is 1. The molecule has 1 saturated carbocycles. The summed E-state index contributed by atoms with van der Waals surface area (Å²) in [6, 6.07) is 6.40. The number of rotatable bonds is 1. The van der Waals surface area contributed by atoms with Crippen LogP contribution in [0.15, 0.2) is 18.2 Å². The first-order chi connectivity index (χ1) is 9.75. The van der Waals surface area contributed by atoms with E-state index >= 15 is 0 Å². The van der Waals surface area contributed by atoms with Gasteiger partial charge in [0.15, 0.2) is 5.78 Å². The number of ketones is 1. The van der Waals surface area contributed by atoms with Crippen molar-refractivity contribution in [1.29, 1.82) is 0 Å². The van der Waals surface area contributed by atoms with E-state index in [0.717, 1.165) is 30.4 Å². The van der Waals surface area contributed by atoms with Crippen molar-refractivity contribution in [1.82, 2.24) is 0 Å². The third-order valence-corrected chi connectivity index (χ3v) is 5.91. The predicted molar refractivity (Wildman–Crippen MR) is 84.8 cm³/mol. The highest BCUT2D eigenvalue weighted by atomic mass is 16.3. The van der Waals surface area contributed by atoms with Crippen LogP contribution in [0.1, 0.15) is 80.8 Å². The molecule has 0 heterocycles. The van der Waals surface area contributed by atoms with Gasteiger partial charge in [-0.15, -0.1) is 0 Å². The highest BCUT2D eigenvalue weighted by Gasteiger charge is 2.53. The second kappa shape index (κ2) is 4.67. The van der Waals surface area contributed by atoms with Crippen LogP contribution in [0.5, 0.6) is 0 Å². The molecule has 1 aromatic carbocycles. The molecule has 0 bridgehead atoms. The molecule has 0 aliphatic heterocycles. The normalized spacial score (nSPS) is 35.5. The van der Waals surface area contributed by atoms with Crippen LogP contribution in [0, 0.1) is 5.92 Å². The van der Waals surface area contributed by atoms with Crippen molar-refractivity contribution >= 4 is 5.78 Å². The molecule has 3 atom stereocenters. The van der Waals surface area contributed by atoms with Crippen LogP contribution in [0.2, 0.25) is 0 Å². The molecule has 0 radical (unpaired) electrons. The van der Waals surface area contributed by atoms with Crippen molar-refractivity contribution in [2.45, 2.75) is 70.3 Å². The van der Waals surface area contributed by atoms with Crippen molar-refractivity contribution in [3.8, 4) is 0 Å². The molecule has 0 amide bonds. The lowest BCUT2D eigenvalue weighted by Crippen LogP contribution is -2.54. The zero-order chi connectivity index (χ0) is 15.4. The Labute approximate surface area is 127 Å². The third kappa shape index (κ3) is 2.15. The van der Waals surface area contributed by atoms with E-state index in [2.05, 4.69) is 39.0 Å². The fraction of sp³-hybridized carbons (Fsp3) is 0.632. The Bertz CT molecular complexity index is 585. The SMILES string of the molecule is CC(C)c1ccc2c(c1)C(=O)C[C@@H]1[C@@](C)(O)CCC[C@]21C. The smallest absolute Gasteiger partial charge is 0.163 e. The van der Waals surface area contributed by atoms with Crippen LogP contribution in [0.3, 0.4) is 0 Å². The maximum Gasteiger partial charge on any atom is 0.163 e. The molecule has 2 aliphatic carbocycles. The first-order valence-corrected chi connectivity index (χ1v) is 8.16. The van der Waals surface area contributed by atoms with Gasteiger partial charge in [-0.1, -0.05) is 32.9 Å². The highest BCUT2D eigenvalue weighted by molar-refractivity contribution is 5.99. The number of Topliss-reactive ketones (excluding diaryl/α,β-unsaturated/α-hetero) is 1. The summed E-state index contributed by atoms with van der Waals surface area (Å²) in [5.41, 5.74) is 2.50. The van der Waals surface area contributed by atoms with Gasteiger partial charge in [-0.05, 0) is 54.7 Å². The van der Waals surface area contributed by atoms with E-state index < -0.39 is 5.60 Å². The topological polar surface area (TPSA) is 37.3 Å². The van der Waals surface area contributed by atoms with Crippen molar-refractivity contribution in [3.05, 3.63) is 34.9 Å². The molecule has 3 rings (SSSR count). The summed E-state index contributed by atoms with van der Waals surface area (Å²) in [6.07, 6.45) is 3.38. The van der Waals surface area contributed by atoms with Gasteiger partial charge < -0.3 is 5.11 Å². The van der Waals surface area contributed by atoms with Crippen molar-refractivity contribution < 1.29 is 9.90 Å². The van der Waals surface area contributed by atoms with E-state index in [-0.39, 0.29) is 17.1 Å². The fourth-order valence-corrected chi connectivity index (χ4v) is 4.56. The maximum absolute atomic E-state index is 12.6. The number of carbonyl (C=O) groups is 1. The van der Waals surface area contributed by atoms with Gasteiger partial charge in [0, 0.05) is 17.9 Å². The van der Waals surface area contributed by atoms with Gasteiger partial charge in [-0.2, -0.15) is 0 Å². The summed E-state index contributed by atoms with van der Waals surface area (Å²) in [4.78, 5) is 12.6. The Balaban J connectivity index is 2.15. The molecule has 0 spiro atoms. The summed E-state index contributed by atoms with van der Waals surface area (Å²) < 4.78 is 0. The molecule has 0 aromatic heterocycles. The van der Waals surface area contributed by atoms with E-state index in [0.29, 0.717) is 12.3 Å². The van der Waals surface area contributed by atoms with E-state index in [4.69, 9.17) is 0 Å². The van der Waals surface area contributed by atoms with Crippen LogP contribution in [0.25, 0.3) is 0 Å². The van der Waals surface area contributed by atoms with Crippen LogP contribution < -0.4 is 0 Å². The quantitative estimate of drug-likeness (QED) is 0.840. The summed E-state index contributed by atoms with van der Waals surface area (Å²) in [6.45, 7) is 8.47. The van der Waals surface area contributed by atoms with Crippen LogP contribution in [0.4, 0.5) is 0 Å². The Morgan fingerprint density at radius 1 is 1.24 bits per heavy atom. The zero-order valence-corrected chi connectivity index (χ0v) is 13.6. The van der Waals surface area contributed by atoms with Crippen molar-refractivity contribution in [2.24, 2.45) is 5.92 Å². The average molecular weight is 286 g/mol. The lowest BCUT2D eigenvalue weighted by molar-refractivity contribution is -0.0703. The second-order valence-electron chi connectivity index (χ2n) is 7.77. The minimum atomic E-state index is -0.725. The fourth-order valence-electron chi connectivity index (χ4n) is 4.56.